The third-order valence-electron chi connectivity index (χ3n) is 9.36. The van der Waals surface area contributed by atoms with Crippen molar-refractivity contribution in [2.24, 2.45) is 28.1 Å². The van der Waals surface area contributed by atoms with E-state index in [0.717, 1.165) is 22.9 Å². The van der Waals surface area contributed by atoms with Crippen LogP contribution in [0.3, 0.4) is 0 Å². The lowest BCUT2D eigenvalue weighted by Gasteiger charge is -2.62. The van der Waals surface area contributed by atoms with Gasteiger partial charge in [-0.25, -0.2) is 4.79 Å². The zero-order valence-corrected chi connectivity index (χ0v) is 23.4. The van der Waals surface area contributed by atoms with Crippen molar-refractivity contribution in [1.82, 2.24) is 0 Å². The van der Waals surface area contributed by atoms with E-state index in [0.29, 0.717) is 38.0 Å². The van der Waals surface area contributed by atoms with Crippen molar-refractivity contribution in [1.29, 1.82) is 0 Å². The highest BCUT2D eigenvalue weighted by molar-refractivity contribution is 9.10. The van der Waals surface area contributed by atoms with E-state index in [1.165, 1.54) is 0 Å². The molecule has 1 spiro atoms. The highest BCUT2D eigenvalue weighted by atomic mass is 79.9. The van der Waals surface area contributed by atoms with Gasteiger partial charge in [0.15, 0.2) is 5.79 Å². The summed E-state index contributed by atoms with van der Waals surface area (Å²) in [6.45, 7) is 13.4. The van der Waals surface area contributed by atoms with Crippen molar-refractivity contribution in [3.63, 3.8) is 0 Å². The molecule has 5 rings (SSSR count). The zero-order chi connectivity index (χ0) is 25.9. The molecule has 1 aromatic carbocycles. The minimum Gasteiger partial charge on any atom is -0.454 e. The van der Waals surface area contributed by atoms with Crippen molar-refractivity contribution in [3.05, 3.63) is 58.6 Å². The van der Waals surface area contributed by atoms with Crippen LogP contribution in [0.15, 0.2) is 53.0 Å². The number of hydrogen-bond acceptors (Lipinski definition) is 5. The van der Waals surface area contributed by atoms with Gasteiger partial charge in [0, 0.05) is 28.1 Å². The molecule has 5 nitrogen and oxygen atoms in total. The second-order valence-corrected chi connectivity index (χ2v) is 13.3. The Labute approximate surface area is 222 Å². The van der Waals surface area contributed by atoms with Crippen molar-refractivity contribution in [2.75, 3.05) is 13.2 Å². The molecule has 0 radical (unpaired) electrons. The van der Waals surface area contributed by atoms with Gasteiger partial charge in [0.1, 0.15) is 11.9 Å². The summed E-state index contributed by atoms with van der Waals surface area (Å²) in [6, 6.07) is 7.27. The largest absolute Gasteiger partial charge is 0.454 e. The van der Waals surface area contributed by atoms with E-state index in [-0.39, 0.29) is 40.5 Å². The number of allylic oxidation sites excluding steroid dienone is 2. The van der Waals surface area contributed by atoms with Crippen LogP contribution in [0.4, 0.5) is 0 Å². The quantitative estimate of drug-likeness (QED) is 0.307. The maximum Gasteiger partial charge on any atom is 0.338 e. The molecule has 1 heterocycles. The number of ketones is 1. The van der Waals surface area contributed by atoms with Crippen LogP contribution in [0.1, 0.15) is 70.2 Å². The Bertz CT molecular complexity index is 1090. The average Bonchev–Trinajstić information content (AvgIpc) is 2.82. The predicted molar refractivity (Wildman–Crippen MR) is 141 cm³/mol. The number of carbonyl (C=O) groups excluding carboxylic acids is 2. The Balaban J connectivity index is 1.54. The molecule has 1 aliphatic heterocycles. The Morgan fingerprint density at radius 2 is 1.78 bits per heavy atom. The van der Waals surface area contributed by atoms with Gasteiger partial charge in [-0.1, -0.05) is 41.9 Å². The van der Waals surface area contributed by atoms with E-state index < -0.39 is 11.2 Å². The van der Waals surface area contributed by atoms with Gasteiger partial charge in [-0.15, -0.1) is 6.58 Å². The molecule has 2 saturated carbocycles. The number of halogens is 1. The van der Waals surface area contributed by atoms with Crippen LogP contribution in [0.5, 0.6) is 0 Å². The maximum atomic E-state index is 13.3. The first-order valence-corrected chi connectivity index (χ1v) is 13.8. The van der Waals surface area contributed by atoms with Gasteiger partial charge in [0.05, 0.1) is 18.8 Å². The fraction of sp³-hybridized carbons (Fsp3) is 0.600. The summed E-state index contributed by atoms with van der Waals surface area (Å²) in [5.41, 5.74) is 0.876. The Morgan fingerprint density at radius 3 is 2.42 bits per heavy atom. The zero-order valence-electron chi connectivity index (χ0n) is 21.8. The number of hydrogen-bond donors (Lipinski definition) is 0. The van der Waals surface area contributed by atoms with Crippen molar-refractivity contribution in [2.45, 2.75) is 71.7 Å². The first kappa shape index (κ1) is 25.9. The molecular weight excluding hydrogens is 520 g/mol. The second kappa shape index (κ2) is 8.92. The number of fused-ring (bicyclic) bond motifs is 4. The molecule has 0 amide bonds. The van der Waals surface area contributed by atoms with Crippen LogP contribution >= 0.6 is 15.9 Å². The first-order chi connectivity index (χ1) is 16.9. The molecule has 194 valence electrons. The third kappa shape index (κ3) is 4.43. The Hall–Kier alpha value is -1.76. The summed E-state index contributed by atoms with van der Waals surface area (Å²) in [7, 11) is 0. The molecule has 1 saturated heterocycles. The molecule has 3 fully saturated rings. The number of Topliss-reactive ketones (excluding diaryl/α,β-unsaturated/α-hetero) is 1. The molecule has 0 aromatic heterocycles. The molecule has 1 aromatic rings. The van der Waals surface area contributed by atoms with E-state index in [1.807, 2.05) is 32.1 Å². The Kier molecular flexibility index (Phi) is 6.41. The SMILES string of the molecule is C=C[C@@]1(C)C=C2C(CC1)[C@]1(C)CC(=O)CC3(COC(C)(C)OC3)C1C[C@@H]2OC(=O)c1ccc(Br)cc1. The maximum absolute atomic E-state index is 13.3. The predicted octanol–water partition coefficient (Wildman–Crippen LogP) is 6.66. The minimum absolute atomic E-state index is 0.136. The van der Waals surface area contributed by atoms with Gasteiger partial charge in [0.25, 0.3) is 0 Å². The topological polar surface area (TPSA) is 61.8 Å². The fourth-order valence-corrected chi connectivity index (χ4v) is 7.61. The molecule has 0 N–H and O–H groups in total. The summed E-state index contributed by atoms with van der Waals surface area (Å²) in [5.74, 6) is -0.409. The third-order valence-corrected chi connectivity index (χ3v) is 9.89. The number of benzene rings is 1. The van der Waals surface area contributed by atoms with E-state index in [2.05, 4.69) is 42.4 Å². The first-order valence-electron chi connectivity index (χ1n) is 13.0. The van der Waals surface area contributed by atoms with Gasteiger partial charge >= 0.3 is 5.97 Å². The molecular formula is C30H37BrO5. The summed E-state index contributed by atoms with van der Waals surface area (Å²) >= 11 is 3.43. The lowest BCUT2D eigenvalue weighted by Crippen LogP contribution is -2.63. The number of rotatable bonds is 3. The van der Waals surface area contributed by atoms with Crippen molar-refractivity contribution < 1.29 is 23.8 Å². The molecule has 5 atom stereocenters. The van der Waals surface area contributed by atoms with Crippen LogP contribution in [0.2, 0.25) is 0 Å². The molecule has 36 heavy (non-hydrogen) atoms. The van der Waals surface area contributed by atoms with Crippen LogP contribution in [-0.4, -0.2) is 36.9 Å². The van der Waals surface area contributed by atoms with E-state index >= 15 is 0 Å². The standard InChI is InChI=1S/C30H37BrO5/c1-6-28(4)12-11-23-22(16-28)24(36-26(33)19-7-9-20(31)10-8-19)13-25-29(23,5)14-21(32)15-30(25)17-34-27(2,3)35-18-30/h6-10,16,23-25H,1,11-15,17-18H2,2-5H3/t23?,24-,25?,28+,29-/m0/s1. The fourth-order valence-electron chi connectivity index (χ4n) is 7.35. The average molecular weight is 558 g/mol. The van der Waals surface area contributed by atoms with Gasteiger partial charge in [0.2, 0.25) is 0 Å². The highest BCUT2D eigenvalue weighted by Gasteiger charge is 2.63. The smallest absolute Gasteiger partial charge is 0.338 e. The molecule has 0 bridgehead atoms. The second-order valence-electron chi connectivity index (χ2n) is 12.4. The monoisotopic (exact) mass is 556 g/mol. The van der Waals surface area contributed by atoms with E-state index in [9.17, 15) is 9.59 Å². The van der Waals surface area contributed by atoms with E-state index in [4.69, 9.17) is 14.2 Å². The van der Waals surface area contributed by atoms with Crippen LogP contribution < -0.4 is 0 Å². The minimum atomic E-state index is -0.661. The summed E-state index contributed by atoms with van der Waals surface area (Å²) in [4.78, 5) is 26.5. The summed E-state index contributed by atoms with van der Waals surface area (Å²) in [5, 5.41) is 0. The molecule has 6 heteroatoms. The van der Waals surface area contributed by atoms with Gasteiger partial charge in [-0.3, -0.25) is 4.79 Å². The van der Waals surface area contributed by atoms with E-state index in [1.54, 1.807) is 12.1 Å². The van der Waals surface area contributed by atoms with Crippen LogP contribution in [0.25, 0.3) is 0 Å². The molecule has 4 aliphatic rings. The highest BCUT2D eigenvalue weighted by Crippen LogP contribution is 2.64. The lowest BCUT2D eigenvalue weighted by atomic mass is 9.44. The van der Waals surface area contributed by atoms with Gasteiger partial charge in [-0.05, 0) is 80.2 Å². The Morgan fingerprint density at radius 1 is 1.11 bits per heavy atom. The summed E-state index contributed by atoms with van der Waals surface area (Å²) in [6.07, 6.45) is 7.47. The lowest BCUT2D eigenvalue weighted by molar-refractivity contribution is -0.308. The van der Waals surface area contributed by atoms with Crippen LogP contribution in [0, 0.1) is 28.1 Å². The number of esters is 1. The normalized spacial score (nSPS) is 36.9. The molecule has 3 aliphatic carbocycles. The van der Waals surface area contributed by atoms with Crippen molar-refractivity contribution in [3.8, 4) is 0 Å². The van der Waals surface area contributed by atoms with Crippen LogP contribution in [-0.2, 0) is 19.0 Å². The number of carbonyl (C=O) groups is 2. The van der Waals surface area contributed by atoms with Gasteiger partial charge < -0.3 is 14.2 Å². The number of ether oxygens (including phenoxy) is 3. The summed E-state index contributed by atoms with van der Waals surface area (Å²) < 4.78 is 19.6. The van der Waals surface area contributed by atoms with Gasteiger partial charge in [-0.2, -0.15) is 0 Å². The van der Waals surface area contributed by atoms with Crippen molar-refractivity contribution >= 4 is 27.7 Å². The molecule has 2 unspecified atom stereocenters.